The lowest BCUT2D eigenvalue weighted by molar-refractivity contribution is -0.137. The van der Waals surface area contributed by atoms with Crippen LogP contribution in [0.3, 0.4) is 0 Å². The van der Waals surface area contributed by atoms with E-state index in [1.54, 1.807) is 6.92 Å². The van der Waals surface area contributed by atoms with Crippen LogP contribution < -0.4 is 0 Å². The summed E-state index contributed by atoms with van der Waals surface area (Å²) >= 11 is 0. The molecule has 0 fully saturated rings. The lowest BCUT2D eigenvalue weighted by Crippen LogP contribution is -2.17. The molecule has 4 heteroatoms. The summed E-state index contributed by atoms with van der Waals surface area (Å²) in [7, 11) is 0. The summed E-state index contributed by atoms with van der Waals surface area (Å²) in [6.07, 6.45) is 6.00. The number of fused-ring (bicyclic) bond motifs is 1. The molecular formula is C16H20N2O2. The van der Waals surface area contributed by atoms with Crippen LogP contribution in [0.25, 0.3) is 5.52 Å². The Labute approximate surface area is 119 Å². The first-order chi connectivity index (χ1) is 9.53. The number of hydrogen-bond acceptors (Lipinski definition) is 3. The Balaban J connectivity index is 2.11. The predicted octanol–water partition coefficient (Wildman–Crippen LogP) is 3.12. The Morgan fingerprint density at radius 1 is 1.45 bits per heavy atom. The van der Waals surface area contributed by atoms with Gasteiger partial charge in [-0.25, -0.2) is 9.31 Å². The standard InChI is InChI=1S/C16H20N2O2/c1-4-20-15(19)9-7-10-16(2,3)14-12-13-8-5-6-11-18(13)17-14/h5-9,11-12H,4,10H2,1-3H3/b9-7+. The Kier molecular flexibility index (Phi) is 4.23. The molecule has 0 aliphatic rings. The van der Waals surface area contributed by atoms with Crippen LogP contribution >= 0.6 is 0 Å². The minimum atomic E-state index is -0.293. The number of esters is 1. The van der Waals surface area contributed by atoms with Gasteiger partial charge in [0.25, 0.3) is 0 Å². The molecule has 0 spiro atoms. The molecule has 0 amide bonds. The van der Waals surface area contributed by atoms with Gasteiger partial charge in [-0.1, -0.05) is 26.0 Å². The Hall–Kier alpha value is -2.10. The molecule has 2 rings (SSSR count). The second-order valence-corrected chi connectivity index (χ2v) is 5.34. The van der Waals surface area contributed by atoms with Crippen molar-refractivity contribution in [1.82, 2.24) is 9.61 Å². The average Bonchev–Trinajstić information content (AvgIpc) is 2.83. The second kappa shape index (κ2) is 5.90. The third-order valence-electron chi connectivity index (χ3n) is 3.23. The summed E-state index contributed by atoms with van der Waals surface area (Å²) in [5, 5.41) is 4.59. The molecule has 0 saturated heterocycles. The van der Waals surface area contributed by atoms with Gasteiger partial charge in [0.2, 0.25) is 0 Å². The van der Waals surface area contributed by atoms with Crippen molar-refractivity contribution in [2.75, 3.05) is 6.61 Å². The number of carbonyl (C=O) groups excluding carboxylic acids is 1. The van der Waals surface area contributed by atoms with E-state index in [2.05, 4.69) is 25.0 Å². The van der Waals surface area contributed by atoms with Gasteiger partial charge in [-0.3, -0.25) is 0 Å². The highest BCUT2D eigenvalue weighted by Crippen LogP contribution is 2.27. The van der Waals surface area contributed by atoms with E-state index in [0.717, 1.165) is 17.6 Å². The fourth-order valence-electron chi connectivity index (χ4n) is 2.01. The zero-order valence-electron chi connectivity index (χ0n) is 12.2. The van der Waals surface area contributed by atoms with Gasteiger partial charge in [0.15, 0.2) is 0 Å². The van der Waals surface area contributed by atoms with E-state index in [-0.39, 0.29) is 11.4 Å². The zero-order valence-corrected chi connectivity index (χ0v) is 12.2. The summed E-state index contributed by atoms with van der Waals surface area (Å²) in [6.45, 7) is 6.43. The number of aromatic nitrogens is 2. The SMILES string of the molecule is CCOC(=O)/C=C/CC(C)(C)c1cc2ccccn2n1. The molecule has 0 aliphatic heterocycles. The minimum Gasteiger partial charge on any atom is -0.463 e. The number of hydrogen-bond donors (Lipinski definition) is 0. The summed E-state index contributed by atoms with van der Waals surface area (Å²) < 4.78 is 6.73. The molecule has 0 aliphatic carbocycles. The van der Waals surface area contributed by atoms with Crippen molar-refractivity contribution in [3.05, 3.63) is 48.3 Å². The number of allylic oxidation sites excluding steroid dienone is 1. The summed E-state index contributed by atoms with van der Waals surface area (Å²) in [5.74, 6) is -0.293. The van der Waals surface area contributed by atoms with Crippen LogP contribution in [0.5, 0.6) is 0 Å². The van der Waals surface area contributed by atoms with E-state index in [1.807, 2.05) is 35.0 Å². The van der Waals surface area contributed by atoms with Gasteiger partial charge in [0.05, 0.1) is 17.8 Å². The van der Waals surface area contributed by atoms with Gasteiger partial charge < -0.3 is 4.74 Å². The zero-order chi connectivity index (χ0) is 14.6. The van der Waals surface area contributed by atoms with Crippen molar-refractivity contribution in [3.8, 4) is 0 Å². The normalized spacial score (nSPS) is 12.2. The highest BCUT2D eigenvalue weighted by molar-refractivity contribution is 5.81. The second-order valence-electron chi connectivity index (χ2n) is 5.34. The number of ether oxygens (including phenoxy) is 1. The molecular weight excluding hydrogens is 252 g/mol. The molecule has 0 N–H and O–H groups in total. The average molecular weight is 272 g/mol. The van der Waals surface area contributed by atoms with Crippen molar-refractivity contribution in [2.45, 2.75) is 32.6 Å². The van der Waals surface area contributed by atoms with Gasteiger partial charge in [-0.05, 0) is 31.5 Å². The number of nitrogens with zero attached hydrogens (tertiary/aromatic N) is 2. The summed E-state index contributed by atoms with van der Waals surface area (Å²) in [6, 6.07) is 8.06. The molecule has 0 bridgehead atoms. The highest BCUT2D eigenvalue weighted by Gasteiger charge is 2.22. The third kappa shape index (κ3) is 3.26. The van der Waals surface area contributed by atoms with Crippen LogP contribution in [0.4, 0.5) is 0 Å². The lowest BCUT2D eigenvalue weighted by atomic mass is 9.85. The van der Waals surface area contributed by atoms with Gasteiger partial charge in [-0.2, -0.15) is 5.10 Å². The molecule has 4 nitrogen and oxygen atoms in total. The van der Waals surface area contributed by atoms with E-state index >= 15 is 0 Å². The van der Waals surface area contributed by atoms with Crippen LogP contribution in [0, 0.1) is 0 Å². The first kappa shape index (κ1) is 14.3. The van der Waals surface area contributed by atoms with E-state index < -0.39 is 0 Å². The Morgan fingerprint density at radius 2 is 2.25 bits per heavy atom. The maximum absolute atomic E-state index is 11.3. The van der Waals surface area contributed by atoms with E-state index in [1.165, 1.54) is 6.08 Å². The maximum Gasteiger partial charge on any atom is 0.330 e. The van der Waals surface area contributed by atoms with Crippen molar-refractivity contribution in [3.63, 3.8) is 0 Å². The largest absolute Gasteiger partial charge is 0.463 e. The minimum absolute atomic E-state index is 0.130. The number of pyridine rings is 1. The number of carbonyl (C=O) groups is 1. The molecule has 20 heavy (non-hydrogen) atoms. The van der Waals surface area contributed by atoms with Crippen LogP contribution in [-0.2, 0) is 14.9 Å². The molecule has 0 unspecified atom stereocenters. The molecule has 0 saturated carbocycles. The van der Waals surface area contributed by atoms with Crippen LogP contribution in [0.15, 0.2) is 42.6 Å². The first-order valence-corrected chi connectivity index (χ1v) is 6.81. The van der Waals surface area contributed by atoms with Crippen molar-refractivity contribution in [2.24, 2.45) is 0 Å². The summed E-state index contributed by atoms with van der Waals surface area (Å²) in [5.41, 5.74) is 1.96. The van der Waals surface area contributed by atoms with Crippen molar-refractivity contribution < 1.29 is 9.53 Å². The third-order valence-corrected chi connectivity index (χ3v) is 3.23. The quantitative estimate of drug-likeness (QED) is 0.620. The van der Waals surface area contributed by atoms with Crippen molar-refractivity contribution >= 4 is 11.5 Å². The van der Waals surface area contributed by atoms with Crippen LogP contribution in [0.1, 0.15) is 32.9 Å². The molecule has 0 atom stereocenters. The van der Waals surface area contributed by atoms with Crippen LogP contribution in [-0.4, -0.2) is 22.2 Å². The number of rotatable bonds is 5. The van der Waals surface area contributed by atoms with Crippen molar-refractivity contribution in [1.29, 1.82) is 0 Å². The molecule has 0 aromatic carbocycles. The molecule has 2 aromatic rings. The lowest BCUT2D eigenvalue weighted by Gasteiger charge is -2.19. The predicted molar refractivity (Wildman–Crippen MR) is 78.6 cm³/mol. The molecule has 106 valence electrons. The van der Waals surface area contributed by atoms with Gasteiger partial charge in [0, 0.05) is 17.7 Å². The van der Waals surface area contributed by atoms with Gasteiger partial charge in [0.1, 0.15) is 0 Å². The monoisotopic (exact) mass is 272 g/mol. The van der Waals surface area contributed by atoms with E-state index in [0.29, 0.717) is 6.61 Å². The fraction of sp³-hybridized carbons (Fsp3) is 0.375. The van der Waals surface area contributed by atoms with Crippen LogP contribution in [0.2, 0.25) is 0 Å². The first-order valence-electron chi connectivity index (χ1n) is 6.81. The topological polar surface area (TPSA) is 43.6 Å². The van der Waals surface area contributed by atoms with Gasteiger partial charge >= 0.3 is 5.97 Å². The Bertz CT molecular complexity index is 593. The van der Waals surface area contributed by atoms with E-state index in [9.17, 15) is 4.79 Å². The van der Waals surface area contributed by atoms with E-state index in [4.69, 9.17) is 4.74 Å². The summed E-state index contributed by atoms with van der Waals surface area (Å²) in [4.78, 5) is 11.3. The Morgan fingerprint density at radius 3 is 2.95 bits per heavy atom. The smallest absolute Gasteiger partial charge is 0.330 e. The molecule has 2 heterocycles. The highest BCUT2D eigenvalue weighted by atomic mass is 16.5. The molecule has 0 radical (unpaired) electrons. The maximum atomic E-state index is 11.3. The molecule has 2 aromatic heterocycles. The fourth-order valence-corrected chi connectivity index (χ4v) is 2.01. The van der Waals surface area contributed by atoms with Gasteiger partial charge in [-0.15, -0.1) is 0 Å².